The number of carbonyl (C=O) groups is 1. The second kappa shape index (κ2) is 8.83. The Morgan fingerprint density at radius 3 is 2.58 bits per heavy atom. The molecule has 1 fully saturated rings. The van der Waals surface area contributed by atoms with E-state index in [-0.39, 0.29) is 10.8 Å². The van der Waals surface area contributed by atoms with Crippen molar-refractivity contribution in [3.8, 4) is 0 Å². The first-order chi connectivity index (χ1) is 12.3. The van der Waals surface area contributed by atoms with E-state index in [1.165, 1.54) is 18.6 Å². The van der Waals surface area contributed by atoms with Crippen LogP contribution < -0.4 is 15.4 Å². The molecule has 0 spiro atoms. The number of primary sulfonamides is 1. The van der Waals surface area contributed by atoms with Crippen LogP contribution in [-0.4, -0.2) is 51.4 Å². The van der Waals surface area contributed by atoms with Gasteiger partial charge in [0.2, 0.25) is 15.9 Å². The molecule has 7 nitrogen and oxygen atoms in total. The number of hydrogen-bond acceptors (Lipinski definition) is 5. The van der Waals surface area contributed by atoms with Crippen LogP contribution in [0, 0.1) is 0 Å². The van der Waals surface area contributed by atoms with Gasteiger partial charge in [-0.25, -0.2) is 13.6 Å². The number of hydrogen-bond donors (Lipinski definition) is 2. The van der Waals surface area contributed by atoms with Crippen LogP contribution in [0.5, 0.6) is 0 Å². The third kappa shape index (κ3) is 5.18. The minimum Gasteiger partial charge on any atom is -0.370 e. The van der Waals surface area contributed by atoms with Gasteiger partial charge in [-0.2, -0.15) is 0 Å². The van der Waals surface area contributed by atoms with Crippen LogP contribution >= 0.6 is 0 Å². The van der Waals surface area contributed by atoms with Gasteiger partial charge in [-0.3, -0.25) is 9.69 Å². The summed E-state index contributed by atoms with van der Waals surface area (Å²) in [6.45, 7) is 8.87. The Labute approximate surface area is 156 Å². The average molecular weight is 383 g/mol. The molecule has 0 aromatic heterocycles. The van der Waals surface area contributed by atoms with E-state index in [1.54, 1.807) is 6.07 Å². The molecule has 1 aromatic carbocycles. The smallest absolute Gasteiger partial charge is 0.238 e. The maximum absolute atomic E-state index is 12.6. The van der Waals surface area contributed by atoms with Crippen LogP contribution in [0.25, 0.3) is 0 Å². The predicted octanol–water partition coefficient (Wildman–Crippen LogP) is 1.99. The van der Waals surface area contributed by atoms with Crippen molar-refractivity contribution in [2.24, 2.45) is 5.14 Å². The van der Waals surface area contributed by atoms with Gasteiger partial charge in [0, 0.05) is 19.1 Å². The number of piperidine rings is 1. The lowest BCUT2D eigenvalue weighted by Crippen LogP contribution is -2.42. The molecule has 8 heteroatoms. The van der Waals surface area contributed by atoms with Gasteiger partial charge < -0.3 is 10.2 Å². The van der Waals surface area contributed by atoms with Crippen molar-refractivity contribution in [3.05, 3.63) is 18.2 Å². The lowest BCUT2D eigenvalue weighted by Gasteiger charge is -2.32. The fourth-order valence-corrected chi connectivity index (χ4v) is 3.94. The molecule has 0 unspecified atom stereocenters. The van der Waals surface area contributed by atoms with Crippen molar-refractivity contribution >= 4 is 27.3 Å². The van der Waals surface area contributed by atoms with Crippen molar-refractivity contribution in [2.75, 3.05) is 36.4 Å². The second-order valence-electron chi connectivity index (χ2n) is 6.76. The van der Waals surface area contributed by atoms with E-state index in [4.69, 9.17) is 5.14 Å². The molecular formula is C18H30N4O3S. The van der Waals surface area contributed by atoms with Crippen LogP contribution in [0.3, 0.4) is 0 Å². The Morgan fingerprint density at radius 2 is 2.00 bits per heavy atom. The number of likely N-dealkylation sites (tertiary alicyclic amines) is 1. The SMILES string of the molecule is CCN(CC)c1ccc(S(N)(=O)=O)cc1NC(=O)CN1CCCC[C@@H]1C. The monoisotopic (exact) mass is 382 g/mol. The van der Waals surface area contributed by atoms with Crippen molar-refractivity contribution < 1.29 is 13.2 Å². The summed E-state index contributed by atoms with van der Waals surface area (Å²) in [5.74, 6) is -0.140. The summed E-state index contributed by atoms with van der Waals surface area (Å²) in [5.41, 5.74) is 1.28. The van der Waals surface area contributed by atoms with E-state index in [9.17, 15) is 13.2 Å². The first kappa shape index (κ1) is 20.7. The zero-order chi connectivity index (χ0) is 19.3. The lowest BCUT2D eigenvalue weighted by molar-refractivity contribution is -0.118. The van der Waals surface area contributed by atoms with Crippen LogP contribution in [0.15, 0.2) is 23.1 Å². The van der Waals surface area contributed by atoms with Crippen LogP contribution in [0.4, 0.5) is 11.4 Å². The molecule has 1 aliphatic rings. The van der Waals surface area contributed by atoms with Gasteiger partial charge in [0.25, 0.3) is 0 Å². The van der Waals surface area contributed by atoms with E-state index in [1.807, 2.05) is 13.8 Å². The molecule has 1 amide bonds. The molecule has 146 valence electrons. The zero-order valence-electron chi connectivity index (χ0n) is 15.9. The molecule has 0 bridgehead atoms. The van der Waals surface area contributed by atoms with Crippen molar-refractivity contribution in [1.82, 2.24) is 4.90 Å². The molecule has 0 radical (unpaired) electrons. The highest BCUT2D eigenvalue weighted by Crippen LogP contribution is 2.29. The summed E-state index contributed by atoms with van der Waals surface area (Å²) in [4.78, 5) is 16.8. The number of anilines is 2. The van der Waals surface area contributed by atoms with Gasteiger partial charge in [0.1, 0.15) is 0 Å². The number of rotatable bonds is 7. The Balaban J connectivity index is 2.25. The number of carbonyl (C=O) groups excluding carboxylic acids is 1. The number of nitrogens with one attached hydrogen (secondary N) is 1. The topological polar surface area (TPSA) is 95.7 Å². The maximum Gasteiger partial charge on any atom is 0.238 e. The highest BCUT2D eigenvalue weighted by atomic mass is 32.2. The predicted molar refractivity (Wildman–Crippen MR) is 105 cm³/mol. The fraction of sp³-hybridized carbons (Fsp3) is 0.611. The Hall–Kier alpha value is -1.64. The van der Waals surface area contributed by atoms with E-state index >= 15 is 0 Å². The maximum atomic E-state index is 12.6. The molecule has 26 heavy (non-hydrogen) atoms. The third-order valence-corrected chi connectivity index (χ3v) is 5.87. The minimum atomic E-state index is -3.83. The van der Waals surface area contributed by atoms with Gasteiger partial charge in [-0.05, 0) is 58.4 Å². The molecule has 1 aliphatic heterocycles. The van der Waals surface area contributed by atoms with Crippen molar-refractivity contribution in [3.63, 3.8) is 0 Å². The quantitative estimate of drug-likeness (QED) is 0.752. The summed E-state index contributed by atoms with van der Waals surface area (Å²) in [6.07, 6.45) is 3.39. The van der Waals surface area contributed by atoms with Gasteiger partial charge in [0.15, 0.2) is 0 Å². The third-order valence-electron chi connectivity index (χ3n) is 4.96. The number of nitrogens with two attached hydrogens (primary N) is 1. The average Bonchev–Trinajstić information content (AvgIpc) is 2.58. The second-order valence-corrected chi connectivity index (χ2v) is 8.32. The lowest BCUT2D eigenvalue weighted by atomic mass is 10.0. The fourth-order valence-electron chi connectivity index (χ4n) is 3.40. The number of amides is 1. The van der Waals surface area contributed by atoms with Gasteiger partial charge >= 0.3 is 0 Å². The molecular weight excluding hydrogens is 352 g/mol. The highest BCUT2D eigenvalue weighted by Gasteiger charge is 2.22. The van der Waals surface area contributed by atoms with Gasteiger partial charge in [-0.15, -0.1) is 0 Å². The van der Waals surface area contributed by atoms with Gasteiger partial charge in [-0.1, -0.05) is 6.42 Å². The molecule has 1 heterocycles. The first-order valence-corrected chi connectivity index (χ1v) is 10.8. The standard InChI is InChI=1S/C18H30N4O3S/c1-4-21(5-2)17-10-9-15(26(19,24)25)12-16(17)20-18(23)13-22-11-7-6-8-14(22)3/h9-10,12,14H,4-8,11,13H2,1-3H3,(H,20,23)(H2,19,24,25)/t14-/m0/s1. The first-order valence-electron chi connectivity index (χ1n) is 9.22. The number of sulfonamides is 1. The van der Waals surface area contributed by atoms with E-state index in [2.05, 4.69) is 22.0 Å². The highest BCUT2D eigenvalue weighted by molar-refractivity contribution is 7.89. The summed E-state index contributed by atoms with van der Waals surface area (Å²) >= 11 is 0. The summed E-state index contributed by atoms with van der Waals surface area (Å²) in [6, 6.07) is 5.00. The van der Waals surface area contributed by atoms with Crippen molar-refractivity contribution in [1.29, 1.82) is 0 Å². The molecule has 0 saturated carbocycles. The largest absolute Gasteiger partial charge is 0.370 e. The van der Waals surface area contributed by atoms with Crippen LogP contribution in [-0.2, 0) is 14.8 Å². The number of benzene rings is 1. The Morgan fingerprint density at radius 1 is 1.31 bits per heavy atom. The molecule has 2 rings (SSSR count). The van der Waals surface area contributed by atoms with E-state index in [0.717, 1.165) is 38.2 Å². The molecule has 1 aromatic rings. The summed E-state index contributed by atoms with van der Waals surface area (Å²) < 4.78 is 23.4. The number of nitrogens with zero attached hydrogens (tertiary/aromatic N) is 2. The Bertz CT molecular complexity index is 732. The molecule has 1 atom stereocenters. The van der Waals surface area contributed by atoms with E-state index < -0.39 is 10.0 Å². The van der Waals surface area contributed by atoms with E-state index in [0.29, 0.717) is 18.3 Å². The Kier molecular flexibility index (Phi) is 7.02. The van der Waals surface area contributed by atoms with Crippen molar-refractivity contribution in [2.45, 2.75) is 51.0 Å². The van der Waals surface area contributed by atoms with Crippen LogP contribution in [0.1, 0.15) is 40.0 Å². The summed E-state index contributed by atoms with van der Waals surface area (Å²) in [5, 5.41) is 8.15. The molecule has 1 saturated heterocycles. The van der Waals surface area contributed by atoms with Crippen LogP contribution in [0.2, 0.25) is 0 Å². The molecule has 3 N–H and O–H groups in total. The van der Waals surface area contributed by atoms with Gasteiger partial charge in [0.05, 0.1) is 22.8 Å². The normalized spacial score (nSPS) is 18.5. The minimum absolute atomic E-state index is 0.00459. The molecule has 0 aliphatic carbocycles. The zero-order valence-corrected chi connectivity index (χ0v) is 16.7. The summed E-state index contributed by atoms with van der Waals surface area (Å²) in [7, 11) is -3.83.